The molecule has 0 radical (unpaired) electrons. The molecule has 0 amide bonds. The Morgan fingerprint density at radius 3 is 1.88 bits per heavy atom. The predicted octanol–water partition coefficient (Wildman–Crippen LogP) is 5.85. The maximum Gasteiger partial charge on any atom is 0.431 e. The van der Waals surface area contributed by atoms with Crippen molar-refractivity contribution in [2.24, 2.45) is 0 Å². The van der Waals surface area contributed by atoms with Gasteiger partial charge in [-0.05, 0) is 44.0 Å². The summed E-state index contributed by atoms with van der Waals surface area (Å²) >= 11 is 12.1. The van der Waals surface area contributed by atoms with Crippen LogP contribution in [0.5, 0.6) is 0 Å². The quantitative estimate of drug-likeness (QED) is 0.482. The predicted molar refractivity (Wildman–Crippen MR) is 98.1 cm³/mol. The van der Waals surface area contributed by atoms with E-state index in [1.54, 1.807) is 32.0 Å². The highest BCUT2D eigenvalue weighted by Gasteiger charge is 2.43. The fourth-order valence-corrected chi connectivity index (χ4v) is 4.34. The average Bonchev–Trinajstić information content (AvgIpc) is 2.52. The Labute approximate surface area is 151 Å². The fraction of sp³-hybridized carbons (Fsp3) is 0.222. The first-order chi connectivity index (χ1) is 11.3. The van der Waals surface area contributed by atoms with Crippen LogP contribution >= 0.6 is 31.0 Å². The van der Waals surface area contributed by atoms with Gasteiger partial charge in [0.25, 0.3) is 0 Å². The van der Waals surface area contributed by atoms with E-state index in [9.17, 15) is 14.2 Å². The molecule has 2 rings (SSSR count). The van der Waals surface area contributed by atoms with Crippen LogP contribution in [-0.4, -0.2) is 17.0 Å². The molecule has 0 N–H and O–H groups in total. The highest BCUT2D eigenvalue weighted by atomic mass is 35.5. The van der Waals surface area contributed by atoms with Gasteiger partial charge in [-0.15, -0.1) is 0 Å². The average molecular weight is 382 g/mol. The molecule has 0 fully saturated rings. The molecule has 0 aliphatic rings. The molecule has 0 aliphatic heterocycles. The smallest absolute Gasteiger partial charge is 0.289 e. The van der Waals surface area contributed by atoms with Crippen LogP contribution in [0.3, 0.4) is 0 Å². The molecule has 2 aromatic carbocycles. The molecule has 124 valence electrons. The third kappa shape index (κ3) is 3.59. The standard InChI is InChI=1S/C18H16Cl2O3P/c1-10-6-4-7-11(2)15(10)18(22)24(23)12(3)17(21)16-13(19)8-5-9-14(16)20/h4-9,12H,1-3H3/q+1. The van der Waals surface area contributed by atoms with Gasteiger partial charge in [0.1, 0.15) is 0 Å². The maximum atomic E-state index is 12.7. The second kappa shape index (κ2) is 7.57. The summed E-state index contributed by atoms with van der Waals surface area (Å²) in [5.41, 5.74) is 0.445. The van der Waals surface area contributed by atoms with Gasteiger partial charge in [-0.2, -0.15) is 0 Å². The van der Waals surface area contributed by atoms with E-state index < -0.39 is 24.8 Å². The Hall–Kier alpha value is -1.54. The molecule has 2 atom stereocenters. The summed E-state index contributed by atoms with van der Waals surface area (Å²) in [6.45, 7) is 5.02. The number of carbonyl (C=O) groups excluding carboxylic acids is 2. The minimum atomic E-state index is -2.46. The van der Waals surface area contributed by atoms with Crippen LogP contribution in [0.2, 0.25) is 10.0 Å². The number of ketones is 1. The molecular weight excluding hydrogens is 366 g/mol. The molecule has 0 heterocycles. The molecule has 24 heavy (non-hydrogen) atoms. The van der Waals surface area contributed by atoms with E-state index in [1.807, 2.05) is 6.07 Å². The van der Waals surface area contributed by atoms with E-state index >= 15 is 0 Å². The van der Waals surface area contributed by atoms with E-state index in [0.717, 1.165) is 11.1 Å². The zero-order valence-electron chi connectivity index (χ0n) is 13.5. The van der Waals surface area contributed by atoms with E-state index in [4.69, 9.17) is 23.2 Å². The van der Waals surface area contributed by atoms with Crippen molar-refractivity contribution in [1.29, 1.82) is 0 Å². The molecule has 2 unspecified atom stereocenters. The summed E-state index contributed by atoms with van der Waals surface area (Å²) < 4.78 is 12.7. The van der Waals surface area contributed by atoms with Crippen molar-refractivity contribution in [3.8, 4) is 0 Å². The van der Waals surface area contributed by atoms with Crippen LogP contribution in [0.15, 0.2) is 36.4 Å². The van der Waals surface area contributed by atoms with Crippen molar-refractivity contribution >= 4 is 42.3 Å². The minimum Gasteiger partial charge on any atom is -0.289 e. The molecule has 0 aromatic heterocycles. The molecule has 3 nitrogen and oxygen atoms in total. The van der Waals surface area contributed by atoms with Crippen LogP contribution in [0.4, 0.5) is 0 Å². The summed E-state index contributed by atoms with van der Waals surface area (Å²) in [7, 11) is -2.46. The van der Waals surface area contributed by atoms with Gasteiger partial charge in [0.2, 0.25) is 11.4 Å². The van der Waals surface area contributed by atoms with Crippen molar-refractivity contribution in [1.82, 2.24) is 0 Å². The molecule has 0 bridgehead atoms. The second-order valence-corrected chi connectivity index (χ2v) is 8.18. The molecular formula is C18H16Cl2O3P+. The lowest BCUT2D eigenvalue weighted by Gasteiger charge is -2.07. The first-order valence-corrected chi connectivity index (χ1v) is 9.39. The summed E-state index contributed by atoms with van der Waals surface area (Å²) in [4.78, 5) is 25.3. The van der Waals surface area contributed by atoms with Crippen LogP contribution in [0, 0.1) is 13.8 Å². The number of halogens is 2. The molecule has 2 aromatic rings. The van der Waals surface area contributed by atoms with E-state index in [2.05, 4.69) is 0 Å². The monoisotopic (exact) mass is 381 g/mol. The summed E-state index contributed by atoms with van der Waals surface area (Å²) in [5.74, 6) is -0.494. The number of Topliss-reactive ketones (excluding diaryl/α,β-unsaturated/α-hetero) is 1. The van der Waals surface area contributed by atoms with E-state index in [0.29, 0.717) is 5.56 Å². The lowest BCUT2D eigenvalue weighted by Crippen LogP contribution is -2.18. The normalized spacial score (nSPS) is 12.6. The highest BCUT2D eigenvalue weighted by molar-refractivity contribution is 7.66. The minimum absolute atomic E-state index is 0.103. The number of carbonyl (C=O) groups is 2. The molecule has 0 aliphatic carbocycles. The lowest BCUT2D eigenvalue weighted by molar-refractivity contribution is 0.0982. The number of hydrogen-bond acceptors (Lipinski definition) is 3. The summed E-state index contributed by atoms with van der Waals surface area (Å²) in [6.07, 6.45) is 0. The van der Waals surface area contributed by atoms with Gasteiger partial charge in [0, 0.05) is 0 Å². The summed E-state index contributed by atoms with van der Waals surface area (Å²) in [6, 6.07) is 10.1. The Morgan fingerprint density at radius 2 is 1.38 bits per heavy atom. The van der Waals surface area contributed by atoms with E-state index in [1.165, 1.54) is 19.1 Å². The van der Waals surface area contributed by atoms with Crippen LogP contribution in [-0.2, 0) is 4.57 Å². The van der Waals surface area contributed by atoms with Gasteiger partial charge in [0.05, 0.1) is 21.2 Å². The van der Waals surface area contributed by atoms with Crippen molar-refractivity contribution in [3.05, 3.63) is 68.7 Å². The molecule has 0 spiro atoms. The summed E-state index contributed by atoms with van der Waals surface area (Å²) in [5, 5.41) is 0.365. The maximum absolute atomic E-state index is 12.7. The van der Waals surface area contributed by atoms with Gasteiger partial charge < -0.3 is 0 Å². The molecule has 0 saturated carbocycles. The van der Waals surface area contributed by atoms with Gasteiger partial charge >= 0.3 is 13.3 Å². The zero-order valence-corrected chi connectivity index (χ0v) is 15.9. The lowest BCUT2D eigenvalue weighted by atomic mass is 10.0. The van der Waals surface area contributed by atoms with Gasteiger partial charge in [-0.3, -0.25) is 4.79 Å². The number of rotatable bonds is 5. The third-order valence-corrected chi connectivity index (χ3v) is 6.03. The van der Waals surface area contributed by atoms with Crippen LogP contribution in [0.1, 0.15) is 38.8 Å². The SMILES string of the molecule is Cc1cccc(C)c1C(=O)[P+](=O)C(C)C(=O)c1c(Cl)cccc1Cl. The van der Waals surface area contributed by atoms with Gasteiger partial charge in [0.15, 0.2) is 0 Å². The first-order valence-electron chi connectivity index (χ1n) is 7.30. The third-order valence-electron chi connectivity index (χ3n) is 3.84. The Bertz CT molecular complexity index is 806. The zero-order chi connectivity index (χ0) is 18.0. The Kier molecular flexibility index (Phi) is 5.92. The van der Waals surface area contributed by atoms with Crippen molar-refractivity contribution in [2.75, 3.05) is 0 Å². The Balaban J connectivity index is 2.36. The van der Waals surface area contributed by atoms with Crippen LogP contribution in [0.25, 0.3) is 0 Å². The topological polar surface area (TPSA) is 51.2 Å². The second-order valence-electron chi connectivity index (χ2n) is 5.53. The first kappa shape index (κ1) is 18.8. The number of aryl methyl sites for hydroxylation is 2. The van der Waals surface area contributed by atoms with Crippen LogP contribution < -0.4 is 0 Å². The number of benzene rings is 2. The van der Waals surface area contributed by atoms with Crippen molar-refractivity contribution in [2.45, 2.75) is 26.4 Å². The van der Waals surface area contributed by atoms with Crippen molar-refractivity contribution < 1.29 is 14.2 Å². The largest absolute Gasteiger partial charge is 0.431 e. The van der Waals surface area contributed by atoms with Crippen molar-refractivity contribution in [3.63, 3.8) is 0 Å². The number of hydrogen-bond donors (Lipinski definition) is 0. The van der Waals surface area contributed by atoms with Gasteiger partial charge in [-0.1, -0.05) is 52.0 Å². The molecule has 6 heteroatoms. The highest BCUT2D eigenvalue weighted by Crippen LogP contribution is 2.38. The molecule has 0 saturated heterocycles. The fourth-order valence-electron chi connectivity index (χ4n) is 2.49. The van der Waals surface area contributed by atoms with Gasteiger partial charge in [-0.25, -0.2) is 4.79 Å². The van der Waals surface area contributed by atoms with E-state index in [-0.39, 0.29) is 15.6 Å². The Morgan fingerprint density at radius 1 is 0.917 bits per heavy atom.